The van der Waals surface area contributed by atoms with Crippen LogP contribution in [0.1, 0.15) is 16.7 Å². The summed E-state index contributed by atoms with van der Waals surface area (Å²) in [4.78, 5) is 0. The van der Waals surface area contributed by atoms with Gasteiger partial charge in [-0.05, 0) is 49.9 Å². The van der Waals surface area contributed by atoms with Crippen LogP contribution < -0.4 is 10.1 Å². The molecule has 2 aromatic carbocycles. The predicted octanol–water partition coefficient (Wildman–Crippen LogP) is 4.85. The highest BCUT2D eigenvalue weighted by Gasteiger charge is 2.10. The molecule has 0 radical (unpaired) electrons. The normalized spacial score (nSPS) is 10.7. The van der Waals surface area contributed by atoms with E-state index in [1.165, 1.54) is 12.1 Å². The molecule has 21 heavy (non-hydrogen) atoms. The molecule has 0 saturated carbocycles. The van der Waals surface area contributed by atoms with Crippen molar-refractivity contribution in [1.82, 2.24) is 5.32 Å². The Balaban J connectivity index is 2.25. The van der Waals surface area contributed by atoms with Crippen LogP contribution in [0.25, 0.3) is 0 Å². The van der Waals surface area contributed by atoms with Gasteiger partial charge in [-0.1, -0.05) is 27.5 Å². The quantitative estimate of drug-likeness (QED) is 0.810. The molecule has 112 valence electrons. The second-order valence-corrected chi connectivity index (χ2v) is 6.09. The van der Waals surface area contributed by atoms with E-state index in [1.807, 2.05) is 26.1 Å². The molecule has 0 fully saturated rings. The fourth-order valence-corrected chi connectivity index (χ4v) is 2.92. The van der Waals surface area contributed by atoms with E-state index in [4.69, 9.17) is 16.3 Å². The monoisotopic (exact) mass is 371 g/mol. The molecular formula is C16H16BrClFNO. The molecule has 0 atom stereocenters. The maximum atomic E-state index is 13.3. The number of aryl methyl sites for hydroxylation is 1. The summed E-state index contributed by atoms with van der Waals surface area (Å²) in [6.45, 7) is 2.90. The van der Waals surface area contributed by atoms with Crippen molar-refractivity contribution in [3.63, 3.8) is 0 Å². The lowest BCUT2D eigenvalue weighted by molar-refractivity contribution is 0.299. The SMILES string of the molecule is CNCc1cc(Br)cc(C)c1OCc1cc(F)ccc1Cl. The average molecular weight is 373 g/mol. The van der Waals surface area contributed by atoms with Crippen molar-refractivity contribution in [1.29, 1.82) is 0 Å². The zero-order valence-corrected chi connectivity index (χ0v) is 14.2. The predicted molar refractivity (Wildman–Crippen MR) is 87.4 cm³/mol. The number of hydrogen-bond donors (Lipinski definition) is 1. The van der Waals surface area contributed by atoms with Crippen molar-refractivity contribution in [2.45, 2.75) is 20.1 Å². The van der Waals surface area contributed by atoms with E-state index in [1.54, 1.807) is 6.07 Å². The highest BCUT2D eigenvalue weighted by Crippen LogP contribution is 2.29. The summed E-state index contributed by atoms with van der Waals surface area (Å²) in [5.74, 6) is 0.480. The Kier molecular flexibility index (Phi) is 5.62. The number of nitrogens with one attached hydrogen (secondary N) is 1. The third-order valence-corrected chi connectivity index (χ3v) is 3.89. The van der Waals surface area contributed by atoms with Gasteiger partial charge in [0.05, 0.1) is 0 Å². The van der Waals surface area contributed by atoms with Gasteiger partial charge in [-0.15, -0.1) is 0 Å². The Morgan fingerprint density at radius 2 is 2.00 bits per heavy atom. The molecule has 0 amide bonds. The fraction of sp³-hybridized carbons (Fsp3) is 0.250. The summed E-state index contributed by atoms with van der Waals surface area (Å²) in [6.07, 6.45) is 0. The van der Waals surface area contributed by atoms with Gasteiger partial charge in [0.15, 0.2) is 0 Å². The first-order valence-corrected chi connectivity index (χ1v) is 7.68. The van der Waals surface area contributed by atoms with Gasteiger partial charge in [0, 0.05) is 27.2 Å². The van der Waals surface area contributed by atoms with Gasteiger partial charge < -0.3 is 10.1 Å². The van der Waals surface area contributed by atoms with Gasteiger partial charge in [0.1, 0.15) is 18.2 Å². The summed E-state index contributed by atoms with van der Waals surface area (Å²) in [6, 6.07) is 8.27. The number of hydrogen-bond acceptors (Lipinski definition) is 2. The van der Waals surface area contributed by atoms with Crippen LogP contribution in [0.4, 0.5) is 4.39 Å². The fourth-order valence-electron chi connectivity index (χ4n) is 2.13. The number of rotatable bonds is 5. The molecule has 5 heteroatoms. The van der Waals surface area contributed by atoms with Crippen LogP contribution in [-0.2, 0) is 13.2 Å². The lowest BCUT2D eigenvalue weighted by atomic mass is 10.1. The molecule has 0 heterocycles. The van der Waals surface area contributed by atoms with Crippen LogP contribution in [0.15, 0.2) is 34.8 Å². The van der Waals surface area contributed by atoms with E-state index >= 15 is 0 Å². The molecule has 0 aliphatic carbocycles. The first-order chi connectivity index (χ1) is 10.0. The molecule has 0 spiro atoms. The van der Waals surface area contributed by atoms with E-state index < -0.39 is 0 Å². The molecule has 1 N–H and O–H groups in total. The van der Waals surface area contributed by atoms with Crippen molar-refractivity contribution in [2.24, 2.45) is 0 Å². The van der Waals surface area contributed by atoms with Crippen molar-refractivity contribution < 1.29 is 9.13 Å². The van der Waals surface area contributed by atoms with Crippen molar-refractivity contribution in [2.75, 3.05) is 7.05 Å². The molecule has 2 rings (SSSR count). The molecule has 2 nitrogen and oxygen atoms in total. The summed E-state index contributed by atoms with van der Waals surface area (Å²) >= 11 is 9.54. The third kappa shape index (κ3) is 4.19. The topological polar surface area (TPSA) is 21.3 Å². The Hall–Kier alpha value is -1.10. The summed E-state index contributed by atoms with van der Waals surface area (Å²) in [5.41, 5.74) is 2.69. The maximum Gasteiger partial charge on any atom is 0.127 e. The van der Waals surface area contributed by atoms with Crippen LogP contribution in [0.3, 0.4) is 0 Å². The molecule has 0 unspecified atom stereocenters. The summed E-state index contributed by atoms with van der Waals surface area (Å²) in [7, 11) is 1.88. The van der Waals surface area contributed by atoms with E-state index in [-0.39, 0.29) is 12.4 Å². The number of benzene rings is 2. The van der Waals surface area contributed by atoms with Gasteiger partial charge >= 0.3 is 0 Å². The number of ether oxygens (including phenoxy) is 1. The van der Waals surface area contributed by atoms with Crippen molar-refractivity contribution >= 4 is 27.5 Å². The Bertz CT molecular complexity index is 648. The van der Waals surface area contributed by atoms with Gasteiger partial charge in [0.25, 0.3) is 0 Å². The Morgan fingerprint density at radius 1 is 1.24 bits per heavy atom. The van der Waals surface area contributed by atoms with Gasteiger partial charge in [-0.3, -0.25) is 0 Å². The highest BCUT2D eigenvalue weighted by molar-refractivity contribution is 9.10. The summed E-state index contributed by atoms with van der Waals surface area (Å²) in [5, 5.41) is 3.61. The second-order valence-electron chi connectivity index (χ2n) is 4.77. The Morgan fingerprint density at radius 3 is 2.71 bits per heavy atom. The minimum absolute atomic E-state index is 0.232. The van der Waals surface area contributed by atoms with E-state index in [9.17, 15) is 4.39 Å². The standard InChI is InChI=1S/C16H16BrClFNO/c1-10-5-13(17)6-11(8-20-2)16(10)21-9-12-7-14(19)3-4-15(12)18/h3-7,20H,8-9H2,1-2H3. The van der Waals surface area contributed by atoms with Crippen LogP contribution in [0.2, 0.25) is 5.02 Å². The second kappa shape index (κ2) is 7.25. The van der Waals surface area contributed by atoms with E-state index in [2.05, 4.69) is 21.2 Å². The first kappa shape index (κ1) is 16.3. The largest absolute Gasteiger partial charge is 0.488 e. The van der Waals surface area contributed by atoms with E-state index in [0.29, 0.717) is 17.1 Å². The van der Waals surface area contributed by atoms with Crippen molar-refractivity contribution in [3.8, 4) is 5.75 Å². The van der Waals surface area contributed by atoms with E-state index in [0.717, 1.165) is 21.3 Å². The molecule has 0 bridgehead atoms. The molecule has 0 aliphatic heterocycles. The number of halogens is 3. The maximum absolute atomic E-state index is 13.3. The molecule has 2 aromatic rings. The average Bonchev–Trinajstić information content (AvgIpc) is 2.41. The molecule has 0 saturated heterocycles. The third-order valence-electron chi connectivity index (χ3n) is 3.06. The first-order valence-electron chi connectivity index (χ1n) is 6.51. The highest BCUT2D eigenvalue weighted by atomic mass is 79.9. The Labute approximate surface area is 137 Å². The molecular weight excluding hydrogens is 357 g/mol. The van der Waals surface area contributed by atoms with Crippen molar-refractivity contribution in [3.05, 3.63) is 62.3 Å². The zero-order valence-electron chi connectivity index (χ0n) is 11.8. The lowest BCUT2D eigenvalue weighted by Crippen LogP contribution is -2.09. The molecule has 0 aromatic heterocycles. The molecule has 0 aliphatic rings. The minimum atomic E-state index is -0.319. The van der Waals surface area contributed by atoms with Gasteiger partial charge in [-0.2, -0.15) is 0 Å². The van der Waals surface area contributed by atoms with Crippen LogP contribution in [0.5, 0.6) is 5.75 Å². The van der Waals surface area contributed by atoms with Crippen LogP contribution >= 0.6 is 27.5 Å². The lowest BCUT2D eigenvalue weighted by Gasteiger charge is -2.15. The van der Waals surface area contributed by atoms with Crippen LogP contribution in [-0.4, -0.2) is 7.05 Å². The summed E-state index contributed by atoms with van der Waals surface area (Å²) < 4.78 is 20.2. The minimum Gasteiger partial charge on any atom is -0.488 e. The van der Waals surface area contributed by atoms with Crippen LogP contribution in [0, 0.1) is 12.7 Å². The smallest absolute Gasteiger partial charge is 0.127 e. The zero-order chi connectivity index (χ0) is 15.4. The van der Waals surface area contributed by atoms with Gasteiger partial charge in [0.2, 0.25) is 0 Å². The van der Waals surface area contributed by atoms with Gasteiger partial charge in [-0.25, -0.2) is 4.39 Å².